The molecule has 0 radical (unpaired) electrons. The Kier molecular flexibility index (Phi) is 10.7. The number of ether oxygens (including phenoxy) is 4. The fourth-order valence-corrected chi connectivity index (χ4v) is 3.44. The van der Waals surface area contributed by atoms with Crippen LogP contribution in [0, 0.1) is 13.8 Å². The second-order valence-corrected chi connectivity index (χ2v) is 8.71. The fourth-order valence-electron chi connectivity index (χ4n) is 3.44. The summed E-state index contributed by atoms with van der Waals surface area (Å²) in [6.07, 6.45) is 4.72. The van der Waals surface area contributed by atoms with E-state index in [0.717, 1.165) is 42.9 Å². The van der Waals surface area contributed by atoms with E-state index in [9.17, 15) is 14.4 Å². The highest BCUT2D eigenvalue weighted by Gasteiger charge is 2.12. The topological polar surface area (TPSA) is 88.1 Å². The van der Waals surface area contributed by atoms with Crippen molar-refractivity contribution >= 4 is 17.9 Å². The van der Waals surface area contributed by atoms with Gasteiger partial charge in [0.2, 0.25) is 0 Å². The number of carbonyl (C=O) groups excluding carboxylic acids is 3. The number of benzene rings is 3. The van der Waals surface area contributed by atoms with Gasteiger partial charge in [-0.3, -0.25) is 0 Å². The number of unbranched alkanes of at least 4 members (excludes halogenated alkanes) is 3. The molecule has 0 N–H and O–H groups in total. The molecule has 0 fully saturated rings. The first kappa shape index (κ1) is 28.2. The Morgan fingerprint density at radius 1 is 0.658 bits per heavy atom. The van der Waals surface area contributed by atoms with Crippen molar-refractivity contribution in [2.45, 2.75) is 39.5 Å². The summed E-state index contributed by atoms with van der Waals surface area (Å²) in [5, 5.41) is 0. The Hall–Kier alpha value is -4.39. The lowest BCUT2D eigenvalue weighted by Crippen LogP contribution is -2.10. The minimum atomic E-state index is -0.515. The van der Waals surface area contributed by atoms with E-state index in [1.165, 1.54) is 0 Å². The third-order valence-corrected chi connectivity index (χ3v) is 5.80. The lowest BCUT2D eigenvalue weighted by Gasteiger charge is -2.09. The Labute approximate surface area is 223 Å². The molecule has 0 saturated heterocycles. The Bertz CT molecular complexity index is 1240. The predicted molar refractivity (Wildman–Crippen MR) is 144 cm³/mol. The summed E-state index contributed by atoms with van der Waals surface area (Å²) < 4.78 is 21.5. The molecule has 0 bridgehead atoms. The van der Waals surface area contributed by atoms with Crippen LogP contribution in [0.25, 0.3) is 0 Å². The molecule has 0 aromatic heterocycles. The van der Waals surface area contributed by atoms with Gasteiger partial charge in [0.1, 0.15) is 17.2 Å². The number of rotatable bonds is 13. The molecule has 0 saturated carbocycles. The first-order valence-corrected chi connectivity index (χ1v) is 12.5. The highest BCUT2D eigenvalue weighted by Crippen LogP contribution is 2.20. The van der Waals surface area contributed by atoms with Gasteiger partial charge in [-0.1, -0.05) is 12.6 Å². The summed E-state index contributed by atoms with van der Waals surface area (Å²) in [4.78, 5) is 35.9. The summed E-state index contributed by atoms with van der Waals surface area (Å²) >= 11 is 0. The molecule has 38 heavy (non-hydrogen) atoms. The Morgan fingerprint density at radius 2 is 1.18 bits per heavy atom. The smallest absolute Gasteiger partial charge is 0.343 e. The summed E-state index contributed by atoms with van der Waals surface area (Å²) in [6, 6.07) is 18.4. The molecule has 0 aliphatic rings. The van der Waals surface area contributed by atoms with Gasteiger partial charge in [0.15, 0.2) is 0 Å². The quantitative estimate of drug-likeness (QED) is 0.112. The van der Waals surface area contributed by atoms with Crippen molar-refractivity contribution in [3.05, 3.63) is 102 Å². The second-order valence-electron chi connectivity index (χ2n) is 8.71. The highest BCUT2D eigenvalue weighted by atomic mass is 16.5. The molecule has 0 aliphatic carbocycles. The van der Waals surface area contributed by atoms with Crippen molar-refractivity contribution in [1.82, 2.24) is 0 Å². The van der Waals surface area contributed by atoms with E-state index >= 15 is 0 Å². The van der Waals surface area contributed by atoms with E-state index in [1.54, 1.807) is 54.6 Å². The van der Waals surface area contributed by atoms with Crippen molar-refractivity contribution in [3.63, 3.8) is 0 Å². The van der Waals surface area contributed by atoms with E-state index in [-0.39, 0.29) is 0 Å². The van der Waals surface area contributed by atoms with Crippen LogP contribution in [-0.4, -0.2) is 31.1 Å². The van der Waals surface area contributed by atoms with Gasteiger partial charge in [-0.25, -0.2) is 14.4 Å². The molecule has 198 valence electrons. The lowest BCUT2D eigenvalue weighted by molar-refractivity contribution is -0.137. The van der Waals surface area contributed by atoms with Crippen LogP contribution in [0.4, 0.5) is 0 Å². The van der Waals surface area contributed by atoms with Gasteiger partial charge >= 0.3 is 17.9 Å². The SMILES string of the molecule is C=CC(=O)OCCCCCCOc1ccc(C(=O)Oc2ccc(C(=O)Oc3ccc(C)c(C)c3)cc2)cc1. The first-order valence-electron chi connectivity index (χ1n) is 12.5. The number of carbonyl (C=O) groups is 3. The van der Waals surface area contributed by atoms with Crippen LogP contribution in [0.15, 0.2) is 79.4 Å². The maximum absolute atomic E-state index is 12.5. The molecule has 0 unspecified atom stereocenters. The third kappa shape index (κ3) is 8.92. The summed E-state index contributed by atoms with van der Waals surface area (Å²) in [5.74, 6) is 0.0508. The van der Waals surface area contributed by atoms with E-state index in [4.69, 9.17) is 18.9 Å². The van der Waals surface area contributed by atoms with Gasteiger partial charge in [0.05, 0.1) is 24.3 Å². The van der Waals surface area contributed by atoms with Gasteiger partial charge < -0.3 is 18.9 Å². The van der Waals surface area contributed by atoms with Crippen molar-refractivity contribution < 1.29 is 33.3 Å². The molecule has 0 amide bonds. The van der Waals surface area contributed by atoms with E-state index in [0.29, 0.717) is 41.6 Å². The molecular weight excluding hydrogens is 484 g/mol. The first-order chi connectivity index (χ1) is 18.4. The fraction of sp³-hybridized carbons (Fsp3) is 0.258. The number of aryl methyl sites for hydroxylation is 2. The molecule has 0 heterocycles. The van der Waals surface area contributed by atoms with Crippen LogP contribution in [0.5, 0.6) is 17.2 Å². The summed E-state index contributed by atoms with van der Waals surface area (Å²) in [5.41, 5.74) is 2.88. The molecule has 0 spiro atoms. The van der Waals surface area contributed by atoms with Crippen molar-refractivity contribution in [2.75, 3.05) is 13.2 Å². The Balaban J connectivity index is 1.40. The maximum Gasteiger partial charge on any atom is 0.343 e. The Morgan fingerprint density at radius 3 is 1.76 bits per heavy atom. The van der Waals surface area contributed by atoms with E-state index < -0.39 is 17.9 Å². The number of esters is 3. The van der Waals surface area contributed by atoms with E-state index in [1.807, 2.05) is 26.0 Å². The van der Waals surface area contributed by atoms with Gasteiger partial charge in [0, 0.05) is 6.08 Å². The van der Waals surface area contributed by atoms with Gasteiger partial charge in [0.25, 0.3) is 0 Å². The summed E-state index contributed by atoms with van der Waals surface area (Å²) in [7, 11) is 0. The van der Waals surface area contributed by atoms with Gasteiger partial charge in [-0.15, -0.1) is 0 Å². The van der Waals surface area contributed by atoms with Crippen LogP contribution in [0.1, 0.15) is 57.5 Å². The molecular formula is C31H32O7. The molecule has 0 aliphatic heterocycles. The minimum absolute atomic E-state index is 0.317. The average molecular weight is 517 g/mol. The molecule has 7 heteroatoms. The minimum Gasteiger partial charge on any atom is -0.494 e. The largest absolute Gasteiger partial charge is 0.494 e. The standard InChI is InChI=1S/C31H32O7/c1-4-29(32)36-20-8-6-5-7-19-35-26-15-10-24(11-16-26)30(33)37-27-17-12-25(13-18-27)31(34)38-28-14-9-22(2)23(3)21-28/h4,9-18,21H,1,5-8,19-20H2,2-3H3. The highest BCUT2D eigenvalue weighted by molar-refractivity contribution is 5.92. The van der Waals surface area contributed by atoms with Crippen molar-refractivity contribution in [1.29, 1.82) is 0 Å². The average Bonchev–Trinajstić information content (AvgIpc) is 2.92. The normalized spacial score (nSPS) is 10.4. The van der Waals surface area contributed by atoms with Crippen LogP contribution < -0.4 is 14.2 Å². The zero-order chi connectivity index (χ0) is 27.3. The second kappa shape index (κ2) is 14.4. The molecule has 7 nitrogen and oxygen atoms in total. The molecule has 3 aromatic carbocycles. The lowest BCUT2D eigenvalue weighted by atomic mass is 10.1. The van der Waals surface area contributed by atoms with Crippen LogP contribution in [-0.2, 0) is 9.53 Å². The number of hydrogen-bond acceptors (Lipinski definition) is 7. The predicted octanol–water partition coefficient (Wildman–Crippen LogP) is 6.41. The van der Waals surface area contributed by atoms with Gasteiger partial charge in [-0.2, -0.15) is 0 Å². The van der Waals surface area contributed by atoms with Gasteiger partial charge in [-0.05, 0) is 111 Å². The summed E-state index contributed by atoms with van der Waals surface area (Å²) in [6.45, 7) is 8.24. The molecule has 0 atom stereocenters. The van der Waals surface area contributed by atoms with Crippen molar-refractivity contribution in [3.8, 4) is 17.2 Å². The zero-order valence-corrected chi connectivity index (χ0v) is 21.7. The monoisotopic (exact) mass is 516 g/mol. The third-order valence-electron chi connectivity index (χ3n) is 5.80. The van der Waals surface area contributed by atoms with E-state index in [2.05, 4.69) is 6.58 Å². The molecule has 3 aromatic rings. The van der Waals surface area contributed by atoms with Crippen LogP contribution >= 0.6 is 0 Å². The maximum atomic E-state index is 12.5. The number of hydrogen-bond donors (Lipinski definition) is 0. The zero-order valence-electron chi connectivity index (χ0n) is 21.7. The van der Waals surface area contributed by atoms with Crippen LogP contribution in [0.3, 0.4) is 0 Å². The van der Waals surface area contributed by atoms with Crippen LogP contribution in [0.2, 0.25) is 0 Å². The molecule has 3 rings (SSSR count). The van der Waals surface area contributed by atoms with Crippen molar-refractivity contribution in [2.24, 2.45) is 0 Å².